The van der Waals surface area contributed by atoms with Gasteiger partial charge >= 0.3 is 0 Å². The Labute approximate surface area is 137 Å². The van der Waals surface area contributed by atoms with Gasteiger partial charge in [0, 0.05) is 17.3 Å². The second kappa shape index (κ2) is 4.52. The molecule has 0 radical (unpaired) electrons. The van der Waals surface area contributed by atoms with E-state index < -0.39 is 0 Å². The molecule has 0 bridgehead atoms. The minimum atomic E-state index is -0.385. The molecular weight excluding hydrogens is 288 g/mol. The smallest absolute Gasteiger partial charge is 0.221 e. The first-order chi connectivity index (χ1) is 10.8. The summed E-state index contributed by atoms with van der Waals surface area (Å²) in [5.74, 6) is 0.587. The fourth-order valence-electron chi connectivity index (χ4n) is 6.36. The monoisotopic (exact) mass is 312 g/mol. The summed E-state index contributed by atoms with van der Waals surface area (Å²) in [6.45, 7) is 8.45. The topological polar surface area (TPSA) is 51.2 Å². The van der Waals surface area contributed by atoms with Crippen molar-refractivity contribution in [1.29, 1.82) is 0 Å². The lowest BCUT2D eigenvalue weighted by molar-refractivity contribution is -0.144. The molecule has 0 spiro atoms. The average Bonchev–Trinajstić information content (AvgIpc) is 2.79. The molecular formula is C20H24O3. The van der Waals surface area contributed by atoms with Crippen LogP contribution in [-0.4, -0.2) is 17.3 Å². The van der Waals surface area contributed by atoms with E-state index in [-0.39, 0.29) is 28.3 Å². The minimum Gasteiger partial charge on any atom is -0.299 e. The van der Waals surface area contributed by atoms with Gasteiger partial charge in [-0.3, -0.25) is 14.4 Å². The van der Waals surface area contributed by atoms with Gasteiger partial charge in [0.25, 0.3) is 0 Å². The number of rotatable bonds is 0. The molecule has 3 saturated carbocycles. The molecule has 122 valence electrons. The van der Waals surface area contributed by atoms with Gasteiger partial charge in [-0.25, -0.2) is 0 Å². The maximum atomic E-state index is 12.5. The van der Waals surface area contributed by atoms with Crippen LogP contribution < -0.4 is 0 Å². The van der Waals surface area contributed by atoms with E-state index >= 15 is 0 Å². The highest BCUT2D eigenvalue weighted by Crippen LogP contribution is 2.64. The molecule has 0 heterocycles. The van der Waals surface area contributed by atoms with E-state index in [0.717, 1.165) is 31.3 Å². The molecule has 4 aliphatic rings. The van der Waals surface area contributed by atoms with Crippen molar-refractivity contribution in [2.75, 3.05) is 0 Å². The van der Waals surface area contributed by atoms with Crippen LogP contribution in [0.15, 0.2) is 24.3 Å². The van der Waals surface area contributed by atoms with Crippen LogP contribution in [0.2, 0.25) is 0 Å². The number of allylic oxidation sites excluding steroid dienone is 3. The van der Waals surface area contributed by atoms with Crippen LogP contribution in [0.25, 0.3) is 0 Å². The van der Waals surface area contributed by atoms with E-state index in [4.69, 9.17) is 0 Å². The van der Waals surface area contributed by atoms with Crippen LogP contribution in [-0.2, 0) is 14.4 Å². The Morgan fingerprint density at radius 2 is 1.87 bits per heavy atom. The van der Waals surface area contributed by atoms with E-state index in [1.54, 1.807) is 0 Å². The molecule has 0 aromatic carbocycles. The molecule has 0 N–H and O–H groups in total. The van der Waals surface area contributed by atoms with Crippen molar-refractivity contribution in [3.63, 3.8) is 0 Å². The highest BCUT2D eigenvalue weighted by molar-refractivity contribution is 6.43. The predicted octanol–water partition coefficient (Wildman–Crippen LogP) is 3.29. The molecule has 6 atom stereocenters. The Hall–Kier alpha value is -1.51. The molecule has 1 unspecified atom stereocenters. The molecule has 4 aliphatic carbocycles. The van der Waals surface area contributed by atoms with Crippen LogP contribution in [0.1, 0.15) is 46.0 Å². The maximum Gasteiger partial charge on any atom is 0.221 e. The molecule has 4 rings (SSSR count). The Balaban J connectivity index is 1.78. The standard InChI is InChI=1S/C20H24O3/c1-11-10-12-13-4-5-16(22)19(13,2)8-6-14(12)20(3)9-7-15(21)18(23)17(11)20/h7,9,12-14,17H,1,4-6,8,10H2,2-3H3/t12-,13-,14-,17?,19-,20+/m0/s1. The number of ketones is 3. The van der Waals surface area contributed by atoms with Gasteiger partial charge in [-0.05, 0) is 49.5 Å². The van der Waals surface area contributed by atoms with Gasteiger partial charge in [-0.15, -0.1) is 0 Å². The van der Waals surface area contributed by atoms with Crippen molar-refractivity contribution in [3.8, 4) is 0 Å². The molecule has 0 saturated heterocycles. The van der Waals surface area contributed by atoms with Crippen molar-refractivity contribution < 1.29 is 14.4 Å². The SMILES string of the molecule is C=C1C[C@@H]2[C@H](CC[C@]3(C)C(=O)CC[C@@H]23)[C@@]2(C)C=CC(=O)C(=O)C12. The average molecular weight is 312 g/mol. The fraction of sp³-hybridized carbons (Fsp3) is 0.650. The molecule has 3 heteroatoms. The van der Waals surface area contributed by atoms with Gasteiger partial charge in [-0.1, -0.05) is 32.1 Å². The number of carbonyl (C=O) groups excluding carboxylic acids is 3. The summed E-state index contributed by atoms with van der Waals surface area (Å²) in [4.78, 5) is 36.7. The van der Waals surface area contributed by atoms with Gasteiger partial charge in [0.2, 0.25) is 11.6 Å². The lowest BCUT2D eigenvalue weighted by Crippen LogP contribution is -2.55. The zero-order chi connectivity index (χ0) is 16.6. The van der Waals surface area contributed by atoms with Crippen molar-refractivity contribution in [1.82, 2.24) is 0 Å². The molecule has 3 nitrogen and oxygen atoms in total. The maximum absolute atomic E-state index is 12.5. The number of hydrogen-bond donors (Lipinski definition) is 0. The third kappa shape index (κ3) is 1.74. The van der Waals surface area contributed by atoms with Gasteiger partial charge in [0.15, 0.2) is 0 Å². The van der Waals surface area contributed by atoms with Crippen LogP contribution in [0.5, 0.6) is 0 Å². The Morgan fingerprint density at radius 1 is 1.13 bits per heavy atom. The lowest BCUT2D eigenvalue weighted by Gasteiger charge is -2.57. The van der Waals surface area contributed by atoms with Crippen LogP contribution >= 0.6 is 0 Å². The number of carbonyl (C=O) groups is 3. The highest BCUT2D eigenvalue weighted by Gasteiger charge is 2.61. The molecule has 23 heavy (non-hydrogen) atoms. The highest BCUT2D eigenvalue weighted by atomic mass is 16.2. The number of fused-ring (bicyclic) bond motifs is 5. The summed E-state index contributed by atoms with van der Waals surface area (Å²) in [5, 5.41) is 0. The summed E-state index contributed by atoms with van der Waals surface area (Å²) in [7, 11) is 0. The van der Waals surface area contributed by atoms with Crippen LogP contribution in [0.3, 0.4) is 0 Å². The third-order valence-corrected chi connectivity index (χ3v) is 7.57. The quantitative estimate of drug-likeness (QED) is 0.509. The Morgan fingerprint density at radius 3 is 2.61 bits per heavy atom. The van der Waals surface area contributed by atoms with Crippen LogP contribution in [0, 0.1) is 34.5 Å². The van der Waals surface area contributed by atoms with Gasteiger partial charge in [0.05, 0.1) is 5.92 Å². The second-order valence-corrected chi connectivity index (χ2v) is 8.52. The van der Waals surface area contributed by atoms with Gasteiger partial charge in [-0.2, -0.15) is 0 Å². The molecule has 3 fully saturated rings. The second-order valence-electron chi connectivity index (χ2n) is 8.52. The molecule has 0 aromatic heterocycles. The van der Waals surface area contributed by atoms with E-state index in [0.29, 0.717) is 30.0 Å². The largest absolute Gasteiger partial charge is 0.299 e. The van der Waals surface area contributed by atoms with Crippen LogP contribution in [0.4, 0.5) is 0 Å². The third-order valence-electron chi connectivity index (χ3n) is 7.57. The Bertz CT molecular complexity index is 672. The molecule has 0 aliphatic heterocycles. The Kier molecular flexibility index (Phi) is 2.96. The van der Waals surface area contributed by atoms with Crippen molar-refractivity contribution in [3.05, 3.63) is 24.3 Å². The van der Waals surface area contributed by atoms with E-state index in [9.17, 15) is 14.4 Å². The molecule has 0 amide bonds. The van der Waals surface area contributed by atoms with E-state index in [1.807, 2.05) is 6.08 Å². The first-order valence-electron chi connectivity index (χ1n) is 8.77. The van der Waals surface area contributed by atoms with E-state index in [2.05, 4.69) is 20.4 Å². The number of Topliss-reactive ketones (excluding diaryl/α,β-unsaturated/α-hetero) is 2. The zero-order valence-electron chi connectivity index (χ0n) is 13.9. The first kappa shape index (κ1) is 15.0. The summed E-state index contributed by atoms with van der Waals surface area (Å²) in [6.07, 6.45) is 7.81. The summed E-state index contributed by atoms with van der Waals surface area (Å²) in [6, 6.07) is 0. The zero-order valence-corrected chi connectivity index (χ0v) is 13.9. The van der Waals surface area contributed by atoms with E-state index in [1.165, 1.54) is 6.08 Å². The lowest BCUT2D eigenvalue weighted by atomic mass is 9.45. The predicted molar refractivity (Wildman–Crippen MR) is 86.6 cm³/mol. The van der Waals surface area contributed by atoms with Crippen molar-refractivity contribution in [2.24, 2.45) is 34.5 Å². The summed E-state index contributed by atoms with van der Waals surface area (Å²) >= 11 is 0. The van der Waals surface area contributed by atoms with Gasteiger partial charge in [0.1, 0.15) is 5.78 Å². The summed E-state index contributed by atoms with van der Waals surface area (Å²) in [5.41, 5.74) is 0.418. The minimum absolute atomic E-state index is 0.178. The van der Waals surface area contributed by atoms with Gasteiger partial charge < -0.3 is 0 Å². The fourth-order valence-corrected chi connectivity index (χ4v) is 6.36. The normalized spacial score (nSPS) is 49.0. The van der Waals surface area contributed by atoms with Crippen molar-refractivity contribution in [2.45, 2.75) is 46.0 Å². The van der Waals surface area contributed by atoms with Crippen molar-refractivity contribution >= 4 is 17.3 Å². The number of hydrogen-bond acceptors (Lipinski definition) is 3. The molecule has 0 aromatic rings. The summed E-state index contributed by atoms with van der Waals surface area (Å²) < 4.78 is 0. The first-order valence-corrected chi connectivity index (χ1v) is 8.77.